The second-order valence-corrected chi connectivity index (χ2v) is 5.50. The number of aromatic hydroxyl groups is 1. The minimum Gasteiger partial charge on any atom is -0.507 e. The van der Waals surface area contributed by atoms with E-state index in [1.807, 2.05) is 0 Å². The number of carbonyl (C=O) groups is 1. The first-order valence-corrected chi connectivity index (χ1v) is 7.08. The lowest BCUT2D eigenvalue weighted by molar-refractivity contribution is 0.0493. The maximum atomic E-state index is 13.4. The predicted octanol–water partition coefficient (Wildman–Crippen LogP) is 4.21. The van der Waals surface area contributed by atoms with Gasteiger partial charge in [0.2, 0.25) is 0 Å². The molecule has 0 aromatic heterocycles. The normalized spacial score (nSPS) is 10.8. The molecule has 0 atom stereocenters. The van der Waals surface area contributed by atoms with Gasteiger partial charge in [-0.05, 0) is 37.0 Å². The van der Waals surface area contributed by atoms with Crippen LogP contribution in [0.25, 0.3) is 0 Å². The third-order valence-electron chi connectivity index (χ3n) is 3.16. The minimum absolute atomic E-state index is 0.115. The Labute approximate surface area is 119 Å². The molecule has 3 nitrogen and oxygen atoms in total. The molecule has 0 aliphatic rings. The average molecular weight is 282 g/mol. The van der Waals surface area contributed by atoms with Gasteiger partial charge in [-0.15, -0.1) is 0 Å². The van der Waals surface area contributed by atoms with Gasteiger partial charge in [0.1, 0.15) is 17.1 Å². The van der Waals surface area contributed by atoms with Crippen LogP contribution in [0.5, 0.6) is 5.75 Å². The van der Waals surface area contributed by atoms with Crippen LogP contribution in [0.4, 0.5) is 4.39 Å². The maximum absolute atomic E-state index is 13.4. The molecule has 0 aliphatic heterocycles. The Balaban J connectivity index is 2.38. The number of rotatable bonds is 7. The molecule has 0 bridgehead atoms. The molecule has 4 heteroatoms. The number of hydrogen-bond donors (Lipinski definition) is 1. The van der Waals surface area contributed by atoms with Crippen LogP contribution in [-0.2, 0) is 4.74 Å². The van der Waals surface area contributed by atoms with E-state index in [2.05, 4.69) is 13.8 Å². The van der Waals surface area contributed by atoms with Crippen molar-refractivity contribution in [3.8, 4) is 5.75 Å². The molecule has 20 heavy (non-hydrogen) atoms. The van der Waals surface area contributed by atoms with Crippen molar-refractivity contribution < 1.29 is 19.0 Å². The van der Waals surface area contributed by atoms with Gasteiger partial charge in [0.05, 0.1) is 6.61 Å². The van der Waals surface area contributed by atoms with E-state index in [-0.39, 0.29) is 11.3 Å². The monoisotopic (exact) mass is 282 g/mol. The number of phenols is 1. The Kier molecular flexibility index (Phi) is 6.49. The second-order valence-electron chi connectivity index (χ2n) is 5.50. The van der Waals surface area contributed by atoms with Crippen molar-refractivity contribution in [2.75, 3.05) is 6.61 Å². The van der Waals surface area contributed by atoms with E-state index < -0.39 is 11.8 Å². The molecule has 1 N–H and O–H groups in total. The lowest BCUT2D eigenvalue weighted by atomic mass is 10.1. The Hall–Kier alpha value is -1.58. The molecule has 0 saturated heterocycles. The molecule has 0 radical (unpaired) electrons. The first-order valence-electron chi connectivity index (χ1n) is 7.08. The van der Waals surface area contributed by atoms with Crippen molar-refractivity contribution in [1.29, 1.82) is 0 Å². The highest BCUT2D eigenvalue weighted by molar-refractivity contribution is 5.92. The average Bonchev–Trinajstić information content (AvgIpc) is 2.37. The molecule has 112 valence electrons. The summed E-state index contributed by atoms with van der Waals surface area (Å²) in [5.41, 5.74) is 0.183. The minimum atomic E-state index is -0.676. The van der Waals surface area contributed by atoms with E-state index in [1.165, 1.54) is 13.0 Å². The SMILES string of the molecule is Cc1cc(O)c(C(=O)OCCCCCC(C)C)cc1F. The van der Waals surface area contributed by atoms with Crippen molar-refractivity contribution in [3.63, 3.8) is 0 Å². The summed E-state index contributed by atoms with van der Waals surface area (Å²) in [5, 5.41) is 9.62. The Bertz CT molecular complexity index is 455. The summed E-state index contributed by atoms with van der Waals surface area (Å²) >= 11 is 0. The van der Waals surface area contributed by atoms with Crippen LogP contribution in [0.15, 0.2) is 12.1 Å². The summed E-state index contributed by atoms with van der Waals surface area (Å²) in [4.78, 5) is 11.7. The van der Waals surface area contributed by atoms with E-state index in [1.54, 1.807) is 0 Å². The zero-order valence-electron chi connectivity index (χ0n) is 12.4. The van der Waals surface area contributed by atoms with Gasteiger partial charge in [0.25, 0.3) is 0 Å². The van der Waals surface area contributed by atoms with Crippen LogP contribution in [-0.4, -0.2) is 17.7 Å². The van der Waals surface area contributed by atoms with Crippen LogP contribution in [0.2, 0.25) is 0 Å². The summed E-state index contributed by atoms with van der Waals surface area (Å²) in [6, 6.07) is 2.25. The lowest BCUT2D eigenvalue weighted by Gasteiger charge is -2.08. The van der Waals surface area contributed by atoms with Gasteiger partial charge in [-0.1, -0.05) is 33.1 Å². The highest BCUT2D eigenvalue weighted by Gasteiger charge is 2.15. The fraction of sp³-hybridized carbons (Fsp3) is 0.562. The van der Waals surface area contributed by atoms with Gasteiger partial charge < -0.3 is 9.84 Å². The van der Waals surface area contributed by atoms with Crippen molar-refractivity contribution in [1.82, 2.24) is 0 Å². The summed E-state index contributed by atoms with van der Waals surface area (Å²) in [6.07, 6.45) is 4.06. The number of esters is 1. The number of hydrogen-bond acceptors (Lipinski definition) is 3. The third kappa shape index (κ3) is 5.19. The summed E-state index contributed by atoms with van der Waals surface area (Å²) in [6.45, 7) is 6.17. The molecule has 0 heterocycles. The Morgan fingerprint density at radius 2 is 2.00 bits per heavy atom. The molecule has 0 aliphatic carbocycles. The first-order chi connectivity index (χ1) is 9.41. The van der Waals surface area contributed by atoms with E-state index >= 15 is 0 Å². The molecule has 1 aromatic carbocycles. The van der Waals surface area contributed by atoms with Crippen LogP contribution >= 0.6 is 0 Å². The standard InChI is InChI=1S/C16H23FO3/c1-11(2)7-5-4-6-8-20-16(19)13-10-14(17)12(3)9-15(13)18/h9-11,18H,4-8H2,1-3H3. The van der Waals surface area contributed by atoms with Crippen molar-refractivity contribution in [2.24, 2.45) is 5.92 Å². The van der Waals surface area contributed by atoms with E-state index in [0.717, 1.165) is 31.7 Å². The highest BCUT2D eigenvalue weighted by atomic mass is 19.1. The molecule has 0 saturated carbocycles. The number of phenolic OH excluding ortho intramolecular Hbond substituents is 1. The molecule has 0 amide bonds. The zero-order valence-corrected chi connectivity index (χ0v) is 12.4. The molecular weight excluding hydrogens is 259 g/mol. The fourth-order valence-electron chi connectivity index (χ4n) is 1.90. The number of halogens is 1. The number of unbranched alkanes of at least 4 members (excludes halogenated alkanes) is 2. The lowest BCUT2D eigenvalue weighted by Crippen LogP contribution is -2.07. The fourth-order valence-corrected chi connectivity index (χ4v) is 1.90. The first kappa shape index (κ1) is 16.5. The van der Waals surface area contributed by atoms with Gasteiger partial charge in [0, 0.05) is 0 Å². The van der Waals surface area contributed by atoms with Crippen LogP contribution in [0.3, 0.4) is 0 Å². The van der Waals surface area contributed by atoms with Crippen LogP contribution in [0, 0.1) is 18.7 Å². The van der Waals surface area contributed by atoms with Gasteiger partial charge in [-0.3, -0.25) is 0 Å². The van der Waals surface area contributed by atoms with E-state index in [0.29, 0.717) is 18.1 Å². The quantitative estimate of drug-likeness (QED) is 0.602. The summed E-state index contributed by atoms with van der Waals surface area (Å²) < 4.78 is 18.4. The maximum Gasteiger partial charge on any atom is 0.342 e. The highest BCUT2D eigenvalue weighted by Crippen LogP contribution is 2.22. The van der Waals surface area contributed by atoms with Gasteiger partial charge in [0.15, 0.2) is 0 Å². The van der Waals surface area contributed by atoms with Crippen LogP contribution < -0.4 is 0 Å². The topological polar surface area (TPSA) is 46.5 Å². The summed E-state index contributed by atoms with van der Waals surface area (Å²) in [7, 11) is 0. The molecule has 0 fully saturated rings. The molecule has 1 aromatic rings. The van der Waals surface area contributed by atoms with Crippen LogP contribution in [0.1, 0.15) is 55.5 Å². The van der Waals surface area contributed by atoms with Gasteiger partial charge in [-0.2, -0.15) is 0 Å². The Morgan fingerprint density at radius 1 is 1.30 bits per heavy atom. The second kappa shape index (κ2) is 7.88. The number of benzene rings is 1. The van der Waals surface area contributed by atoms with Crippen molar-refractivity contribution in [2.45, 2.75) is 46.5 Å². The largest absolute Gasteiger partial charge is 0.507 e. The number of aryl methyl sites for hydroxylation is 1. The zero-order chi connectivity index (χ0) is 15.1. The molecular formula is C16H23FO3. The smallest absolute Gasteiger partial charge is 0.342 e. The predicted molar refractivity (Wildman–Crippen MR) is 76.4 cm³/mol. The van der Waals surface area contributed by atoms with E-state index in [9.17, 15) is 14.3 Å². The van der Waals surface area contributed by atoms with Gasteiger partial charge in [-0.25, -0.2) is 9.18 Å². The number of carbonyl (C=O) groups excluding carboxylic acids is 1. The molecule has 0 spiro atoms. The van der Waals surface area contributed by atoms with Crippen molar-refractivity contribution >= 4 is 5.97 Å². The Morgan fingerprint density at radius 3 is 2.65 bits per heavy atom. The van der Waals surface area contributed by atoms with E-state index in [4.69, 9.17) is 4.74 Å². The van der Waals surface area contributed by atoms with Crippen molar-refractivity contribution in [3.05, 3.63) is 29.1 Å². The molecule has 1 rings (SSSR count). The molecule has 0 unspecified atom stereocenters. The number of ether oxygens (including phenoxy) is 1. The summed E-state index contributed by atoms with van der Waals surface area (Å²) in [5.74, 6) is -0.754. The van der Waals surface area contributed by atoms with Gasteiger partial charge >= 0.3 is 5.97 Å². The third-order valence-corrected chi connectivity index (χ3v) is 3.16.